The number of aryl methyl sites for hydroxylation is 2. The molecule has 0 bridgehead atoms. The minimum absolute atomic E-state index is 0.115. The number of oxime groups is 1. The molecule has 1 atom stereocenters. The lowest BCUT2D eigenvalue weighted by Crippen LogP contribution is -2.34. The molecule has 3 heterocycles. The summed E-state index contributed by atoms with van der Waals surface area (Å²) >= 11 is 0. The van der Waals surface area contributed by atoms with Crippen molar-refractivity contribution in [1.29, 1.82) is 0 Å². The monoisotopic (exact) mass is 555 g/mol. The molecular formula is C30H33N7O4. The molecule has 41 heavy (non-hydrogen) atoms. The molecule has 2 aromatic carbocycles. The fourth-order valence-electron chi connectivity index (χ4n) is 4.97. The van der Waals surface area contributed by atoms with Crippen LogP contribution in [0.2, 0.25) is 0 Å². The zero-order chi connectivity index (χ0) is 29.1. The molecule has 11 nitrogen and oxygen atoms in total. The molecule has 0 aliphatic heterocycles. The van der Waals surface area contributed by atoms with Gasteiger partial charge < -0.3 is 4.84 Å². The second kappa shape index (κ2) is 11.7. The zero-order valence-electron chi connectivity index (χ0n) is 23.8. The quantitative estimate of drug-likeness (QED) is 0.195. The summed E-state index contributed by atoms with van der Waals surface area (Å²) in [6.45, 7) is 9.98. The minimum Gasteiger partial charge on any atom is -0.396 e. The van der Waals surface area contributed by atoms with Gasteiger partial charge in [-0.2, -0.15) is 10.1 Å². The Morgan fingerprint density at radius 3 is 2.49 bits per heavy atom. The van der Waals surface area contributed by atoms with Gasteiger partial charge in [0.25, 0.3) is 5.56 Å². The third-order valence-corrected chi connectivity index (χ3v) is 7.08. The number of H-pyrrole nitrogens is 1. The van der Waals surface area contributed by atoms with Gasteiger partial charge in [0.05, 0.1) is 17.4 Å². The van der Waals surface area contributed by atoms with Crippen LogP contribution >= 0.6 is 0 Å². The fourth-order valence-corrected chi connectivity index (χ4v) is 4.97. The normalized spacial score (nSPS) is 12.7. The second-order valence-corrected chi connectivity index (χ2v) is 9.91. The first kappa shape index (κ1) is 27.8. The van der Waals surface area contributed by atoms with Crippen molar-refractivity contribution in [3.63, 3.8) is 0 Å². The van der Waals surface area contributed by atoms with E-state index in [1.165, 1.54) is 0 Å². The number of hydrogen-bond acceptors (Lipinski definition) is 8. The first-order chi connectivity index (χ1) is 19.8. The largest absolute Gasteiger partial charge is 0.439 e. The average molecular weight is 556 g/mol. The molecule has 11 heteroatoms. The van der Waals surface area contributed by atoms with Crippen LogP contribution in [0.5, 0.6) is 0 Å². The summed E-state index contributed by atoms with van der Waals surface area (Å²) < 4.78 is 8.18. The van der Waals surface area contributed by atoms with E-state index in [2.05, 4.69) is 32.3 Å². The second-order valence-electron chi connectivity index (χ2n) is 9.91. The van der Waals surface area contributed by atoms with E-state index >= 15 is 0 Å². The SMILES string of the molecule is CCCc1c(Cc2ccc(-c3ccccc3-c3noc(=O)[nH]3)cc2)c(=O)n(C(C)/C(C)=N\OCC)c2nc(C)nn12. The van der Waals surface area contributed by atoms with Gasteiger partial charge in [0, 0.05) is 17.5 Å². The number of benzene rings is 2. The molecule has 0 saturated heterocycles. The van der Waals surface area contributed by atoms with Crippen LogP contribution in [0.15, 0.2) is 67.8 Å². The fraction of sp³-hybridized carbons (Fsp3) is 0.333. The maximum atomic E-state index is 14.1. The summed E-state index contributed by atoms with van der Waals surface area (Å²) in [5.74, 6) is 0.854. The lowest BCUT2D eigenvalue weighted by molar-refractivity contribution is 0.157. The van der Waals surface area contributed by atoms with Crippen LogP contribution in [0.1, 0.15) is 62.8 Å². The molecular weight excluding hydrogens is 522 g/mol. The average Bonchev–Trinajstić information content (AvgIpc) is 3.58. The van der Waals surface area contributed by atoms with Crippen molar-refractivity contribution in [2.24, 2.45) is 5.16 Å². The Morgan fingerprint density at radius 2 is 1.83 bits per heavy atom. The van der Waals surface area contributed by atoms with E-state index in [0.29, 0.717) is 48.2 Å². The molecule has 1 unspecified atom stereocenters. The first-order valence-corrected chi connectivity index (χ1v) is 13.7. The number of rotatable bonds is 10. The van der Waals surface area contributed by atoms with E-state index in [1.807, 2.05) is 80.7 Å². The molecule has 1 N–H and O–H groups in total. The summed E-state index contributed by atoms with van der Waals surface area (Å²) in [5.41, 5.74) is 5.66. The number of aromatic amines is 1. The van der Waals surface area contributed by atoms with E-state index in [4.69, 9.17) is 9.36 Å². The van der Waals surface area contributed by atoms with Crippen molar-refractivity contribution >= 4 is 11.5 Å². The Balaban J connectivity index is 1.57. The Hall–Kier alpha value is -4.80. The lowest BCUT2D eigenvalue weighted by atomic mass is 9.96. The van der Waals surface area contributed by atoms with Gasteiger partial charge in [-0.05, 0) is 50.8 Å². The molecule has 0 spiro atoms. The predicted molar refractivity (Wildman–Crippen MR) is 156 cm³/mol. The van der Waals surface area contributed by atoms with Crippen molar-refractivity contribution in [2.45, 2.75) is 59.9 Å². The van der Waals surface area contributed by atoms with Crippen LogP contribution < -0.4 is 11.3 Å². The number of nitrogens with one attached hydrogen (secondary N) is 1. The highest BCUT2D eigenvalue weighted by Crippen LogP contribution is 2.30. The molecule has 0 aliphatic rings. The summed E-state index contributed by atoms with van der Waals surface area (Å²) in [4.78, 5) is 38.2. The van der Waals surface area contributed by atoms with E-state index in [0.717, 1.165) is 34.4 Å². The topological polar surface area (TPSA) is 133 Å². The van der Waals surface area contributed by atoms with Crippen LogP contribution in [0.3, 0.4) is 0 Å². The molecule has 0 amide bonds. The maximum Gasteiger partial charge on any atom is 0.439 e. The van der Waals surface area contributed by atoms with Crippen LogP contribution in [0.4, 0.5) is 0 Å². The van der Waals surface area contributed by atoms with Crippen LogP contribution in [-0.2, 0) is 17.7 Å². The van der Waals surface area contributed by atoms with Crippen molar-refractivity contribution in [2.75, 3.05) is 6.61 Å². The molecule has 0 aliphatic carbocycles. The molecule has 3 aromatic heterocycles. The number of hydrogen-bond donors (Lipinski definition) is 1. The molecule has 0 fully saturated rings. The molecule has 0 saturated carbocycles. The Bertz CT molecular complexity index is 1830. The van der Waals surface area contributed by atoms with Gasteiger partial charge in [-0.1, -0.05) is 72.2 Å². The van der Waals surface area contributed by atoms with Gasteiger partial charge in [-0.3, -0.25) is 18.9 Å². The van der Waals surface area contributed by atoms with Gasteiger partial charge >= 0.3 is 5.76 Å². The number of nitrogens with zero attached hydrogens (tertiary/aromatic N) is 6. The summed E-state index contributed by atoms with van der Waals surface area (Å²) in [7, 11) is 0. The highest BCUT2D eigenvalue weighted by Gasteiger charge is 2.24. The highest BCUT2D eigenvalue weighted by atomic mass is 16.6. The first-order valence-electron chi connectivity index (χ1n) is 13.7. The van der Waals surface area contributed by atoms with E-state index in [-0.39, 0.29) is 11.6 Å². The Morgan fingerprint density at radius 1 is 1.10 bits per heavy atom. The highest BCUT2D eigenvalue weighted by molar-refractivity contribution is 5.85. The lowest BCUT2D eigenvalue weighted by Gasteiger charge is -2.20. The smallest absolute Gasteiger partial charge is 0.396 e. The van der Waals surface area contributed by atoms with Crippen LogP contribution in [-0.4, -0.2) is 41.6 Å². The predicted octanol–water partition coefficient (Wildman–Crippen LogP) is 4.73. The van der Waals surface area contributed by atoms with Crippen LogP contribution in [0.25, 0.3) is 28.3 Å². The third kappa shape index (κ3) is 5.47. The van der Waals surface area contributed by atoms with Crippen molar-refractivity contribution in [3.05, 3.63) is 92.1 Å². The standard InChI is InChI=1S/C30H33N7O4/c1-6-10-26-25(28(38)36(19(4)18(3)34-40-7-2)29-31-20(5)33-37(26)29)17-21-13-15-22(16-14-21)23-11-8-9-12-24(23)27-32-30(39)41-35-27/h8-9,11-16,19H,6-7,10,17H2,1-5H3,(H,32,35,39)/b34-18-. The van der Waals surface area contributed by atoms with Gasteiger partial charge in [0.2, 0.25) is 5.78 Å². The maximum absolute atomic E-state index is 14.1. The van der Waals surface area contributed by atoms with E-state index in [1.54, 1.807) is 4.57 Å². The molecule has 212 valence electrons. The number of aromatic nitrogens is 6. The molecule has 0 radical (unpaired) electrons. The minimum atomic E-state index is -0.605. The van der Waals surface area contributed by atoms with Crippen molar-refractivity contribution in [3.8, 4) is 22.5 Å². The van der Waals surface area contributed by atoms with E-state index in [9.17, 15) is 9.59 Å². The van der Waals surface area contributed by atoms with Gasteiger partial charge in [0.15, 0.2) is 5.82 Å². The van der Waals surface area contributed by atoms with Gasteiger partial charge in [0.1, 0.15) is 12.4 Å². The van der Waals surface area contributed by atoms with Crippen molar-refractivity contribution in [1.82, 2.24) is 29.3 Å². The molecule has 5 rings (SSSR count). The number of fused-ring (bicyclic) bond motifs is 1. The third-order valence-electron chi connectivity index (χ3n) is 7.08. The Labute approximate surface area is 236 Å². The van der Waals surface area contributed by atoms with E-state index < -0.39 is 5.76 Å². The summed E-state index contributed by atoms with van der Waals surface area (Å²) in [6.07, 6.45) is 1.97. The molecule has 5 aromatic rings. The Kier molecular flexibility index (Phi) is 7.95. The van der Waals surface area contributed by atoms with Gasteiger partial charge in [-0.15, -0.1) is 0 Å². The zero-order valence-corrected chi connectivity index (χ0v) is 23.8. The van der Waals surface area contributed by atoms with Gasteiger partial charge in [-0.25, -0.2) is 9.31 Å². The van der Waals surface area contributed by atoms with Crippen molar-refractivity contribution < 1.29 is 9.36 Å². The van der Waals surface area contributed by atoms with Crippen LogP contribution in [0, 0.1) is 6.92 Å². The summed E-state index contributed by atoms with van der Waals surface area (Å²) in [6, 6.07) is 15.3. The summed E-state index contributed by atoms with van der Waals surface area (Å²) in [5, 5.41) is 12.7.